The van der Waals surface area contributed by atoms with Crippen LogP contribution in [0, 0.1) is 0 Å². The van der Waals surface area contributed by atoms with Crippen molar-refractivity contribution in [1.29, 1.82) is 0 Å². The number of nitrogens with zero attached hydrogens (tertiary/aromatic N) is 2. The third kappa shape index (κ3) is 2.73. The normalized spacial score (nSPS) is 12.8. The Bertz CT molecular complexity index is 739. The average molecular weight is 352 g/mol. The summed E-state index contributed by atoms with van der Waals surface area (Å²) in [5, 5.41) is 16.4. The summed E-state index contributed by atoms with van der Waals surface area (Å²) in [5.74, 6) is 0. The molecule has 3 nitrogen and oxygen atoms in total. The van der Waals surface area contributed by atoms with Gasteiger partial charge in [-0.1, -0.05) is 45.7 Å². The first-order chi connectivity index (χ1) is 9.63. The molecule has 0 saturated heterocycles. The monoisotopic (exact) mass is 350 g/mol. The Hall–Kier alpha value is -1.36. The minimum Gasteiger partial charge on any atom is -0.386 e. The molecule has 1 heterocycles. The van der Waals surface area contributed by atoms with Gasteiger partial charge >= 0.3 is 0 Å². The van der Waals surface area contributed by atoms with Gasteiger partial charge in [-0.05, 0) is 29.8 Å². The highest BCUT2D eigenvalue weighted by atomic mass is 79.9. The van der Waals surface area contributed by atoms with E-state index in [1.54, 1.807) is 16.8 Å². The van der Waals surface area contributed by atoms with Crippen LogP contribution in [0.1, 0.15) is 11.7 Å². The van der Waals surface area contributed by atoms with Gasteiger partial charge in [-0.3, -0.25) is 4.68 Å². The number of fused-ring (bicyclic) bond motifs is 1. The summed E-state index contributed by atoms with van der Waals surface area (Å²) in [6.07, 6.45) is 1.32. The summed E-state index contributed by atoms with van der Waals surface area (Å²) in [7, 11) is 0. The zero-order valence-corrected chi connectivity index (χ0v) is 12.8. The number of benzene rings is 2. The van der Waals surface area contributed by atoms with Crippen LogP contribution >= 0.6 is 27.5 Å². The SMILES string of the molecule is OC(Cn1cc2c(Br)cccc2n1)c1ccc(Cl)cc1. The quantitative estimate of drug-likeness (QED) is 0.768. The van der Waals surface area contributed by atoms with Crippen LogP contribution in [0.4, 0.5) is 0 Å². The second-order valence-electron chi connectivity index (χ2n) is 4.59. The van der Waals surface area contributed by atoms with Crippen molar-refractivity contribution in [3.63, 3.8) is 0 Å². The first-order valence-electron chi connectivity index (χ1n) is 6.19. The van der Waals surface area contributed by atoms with Crippen LogP contribution in [0.2, 0.25) is 5.02 Å². The largest absolute Gasteiger partial charge is 0.386 e. The van der Waals surface area contributed by atoms with Crippen molar-refractivity contribution >= 4 is 38.4 Å². The fourth-order valence-corrected chi connectivity index (χ4v) is 2.70. The molecule has 0 spiro atoms. The van der Waals surface area contributed by atoms with Crippen LogP contribution in [-0.2, 0) is 6.54 Å². The minimum atomic E-state index is -0.611. The Labute approximate surface area is 129 Å². The summed E-state index contributed by atoms with van der Waals surface area (Å²) in [5.41, 5.74) is 1.73. The maximum Gasteiger partial charge on any atom is 0.0985 e. The van der Waals surface area contributed by atoms with Crippen molar-refractivity contribution in [2.75, 3.05) is 0 Å². The molecular formula is C15H12BrClN2O. The van der Waals surface area contributed by atoms with Crippen molar-refractivity contribution in [3.8, 4) is 0 Å². The van der Waals surface area contributed by atoms with E-state index in [9.17, 15) is 5.11 Å². The summed E-state index contributed by atoms with van der Waals surface area (Å²) in [4.78, 5) is 0. The number of aromatic nitrogens is 2. The van der Waals surface area contributed by atoms with Crippen LogP contribution in [-0.4, -0.2) is 14.9 Å². The molecule has 0 radical (unpaired) electrons. The van der Waals surface area contributed by atoms with Gasteiger partial charge in [0.25, 0.3) is 0 Å². The molecule has 1 aromatic heterocycles. The number of halogens is 2. The standard InChI is InChI=1S/C15H12BrClN2O/c16-13-2-1-3-14-12(13)8-19(18-14)9-15(20)10-4-6-11(17)7-5-10/h1-8,15,20H,9H2. The van der Waals surface area contributed by atoms with E-state index in [0.717, 1.165) is 20.9 Å². The van der Waals surface area contributed by atoms with Crippen molar-refractivity contribution < 1.29 is 5.11 Å². The molecule has 1 unspecified atom stereocenters. The Morgan fingerprint density at radius 3 is 2.65 bits per heavy atom. The number of rotatable bonds is 3. The van der Waals surface area contributed by atoms with E-state index in [-0.39, 0.29) is 0 Å². The second kappa shape index (κ2) is 5.56. The zero-order chi connectivity index (χ0) is 14.1. The van der Waals surface area contributed by atoms with Gasteiger partial charge in [0.2, 0.25) is 0 Å². The molecule has 0 fully saturated rings. The molecule has 3 rings (SSSR count). The first kappa shape index (κ1) is 13.6. The van der Waals surface area contributed by atoms with Crippen molar-refractivity contribution in [1.82, 2.24) is 9.78 Å². The van der Waals surface area contributed by atoms with E-state index in [2.05, 4.69) is 21.0 Å². The fraction of sp³-hybridized carbons (Fsp3) is 0.133. The van der Waals surface area contributed by atoms with Gasteiger partial charge < -0.3 is 5.11 Å². The Balaban J connectivity index is 1.85. The second-order valence-corrected chi connectivity index (χ2v) is 5.88. The molecule has 102 valence electrons. The highest BCUT2D eigenvalue weighted by Gasteiger charge is 2.10. The summed E-state index contributed by atoms with van der Waals surface area (Å²) in [6, 6.07) is 13.1. The minimum absolute atomic E-state index is 0.406. The average Bonchev–Trinajstić information content (AvgIpc) is 2.83. The first-order valence-corrected chi connectivity index (χ1v) is 7.36. The maximum absolute atomic E-state index is 10.2. The van der Waals surface area contributed by atoms with Gasteiger partial charge in [0.1, 0.15) is 0 Å². The molecule has 20 heavy (non-hydrogen) atoms. The van der Waals surface area contributed by atoms with Gasteiger partial charge in [0, 0.05) is 21.1 Å². The summed E-state index contributed by atoms with van der Waals surface area (Å²) in [6.45, 7) is 0.406. The van der Waals surface area contributed by atoms with E-state index in [4.69, 9.17) is 11.6 Å². The highest BCUT2D eigenvalue weighted by Crippen LogP contribution is 2.24. The number of aliphatic hydroxyl groups is 1. The predicted octanol–water partition coefficient (Wildman–Crippen LogP) is 4.19. The molecule has 2 aromatic carbocycles. The molecule has 3 aromatic rings. The van der Waals surface area contributed by atoms with Gasteiger partial charge in [-0.2, -0.15) is 5.10 Å². The lowest BCUT2D eigenvalue weighted by Crippen LogP contribution is -2.08. The van der Waals surface area contributed by atoms with Crippen LogP contribution in [0.25, 0.3) is 10.9 Å². The fourth-order valence-electron chi connectivity index (χ4n) is 2.12. The molecule has 0 bridgehead atoms. The van der Waals surface area contributed by atoms with E-state index in [1.165, 1.54) is 0 Å². The van der Waals surface area contributed by atoms with Crippen LogP contribution in [0.3, 0.4) is 0 Å². The lowest BCUT2D eigenvalue weighted by molar-refractivity contribution is 0.152. The van der Waals surface area contributed by atoms with E-state index < -0.39 is 6.10 Å². The van der Waals surface area contributed by atoms with Crippen LogP contribution in [0.5, 0.6) is 0 Å². The van der Waals surface area contributed by atoms with Crippen LogP contribution < -0.4 is 0 Å². The van der Waals surface area contributed by atoms with E-state index in [1.807, 2.05) is 36.5 Å². The molecule has 0 aliphatic heterocycles. The molecule has 0 aliphatic rings. The Morgan fingerprint density at radius 2 is 1.95 bits per heavy atom. The highest BCUT2D eigenvalue weighted by molar-refractivity contribution is 9.10. The molecule has 0 amide bonds. The van der Waals surface area contributed by atoms with E-state index >= 15 is 0 Å². The van der Waals surface area contributed by atoms with Crippen molar-refractivity contribution in [2.45, 2.75) is 12.6 Å². The smallest absolute Gasteiger partial charge is 0.0985 e. The topological polar surface area (TPSA) is 38.0 Å². The molecule has 0 aliphatic carbocycles. The Kier molecular flexibility index (Phi) is 3.78. The van der Waals surface area contributed by atoms with Gasteiger partial charge in [0.15, 0.2) is 0 Å². The molecule has 1 atom stereocenters. The molecule has 5 heteroatoms. The predicted molar refractivity (Wildman–Crippen MR) is 83.8 cm³/mol. The van der Waals surface area contributed by atoms with Crippen molar-refractivity contribution in [2.24, 2.45) is 0 Å². The van der Waals surface area contributed by atoms with Gasteiger partial charge in [0.05, 0.1) is 18.2 Å². The number of hydrogen-bond donors (Lipinski definition) is 1. The molecular weight excluding hydrogens is 340 g/mol. The molecule has 1 N–H and O–H groups in total. The zero-order valence-electron chi connectivity index (χ0n) is 10.5. The van der Waals surface area contributed by atoms with E-state index in [0.29, 0.717) is 11.6 Å². The lowest BCUT2D eigenvalue weighted by atomic mass is 10.1. The maximum atomic E-state index is 10.2. The number of aliphatic hydroxyl groups excluding tert-OH is 1. The summed E-state index contributed by atoms with van der Waals surface area (Å²) >= 11 is 9.34. The van der Waals surface area contributed by atoms with Crippen LogP contribution in [0.15, 0.2) is 53.1 Å². The summed E-state index contributed by atoms with van der Waals surface area (Å²) < 4.78 is 2.76. The number of hydrogen-bond acceptors (Lipinski definition) is 2. The van der Waals surface area contributed by atoms with Crippen molar-refractivity contribution in [3.05, 3.63) is 63.7 Å². The molecule has 0 saturated carbocycles. The third-order valence-electron chi connectivity index (χ3n) is 3.16. The lowest BCUT2D eigenvalue weighted by Gasteiger charge is -2.10. The Morgan fingerprint density at radius 1 is 1.20 bits per heavy atom. The third-order valence-corrected chi connectivity index (χ3v) is 4.10. The van der Waals surface area contributed by atoms with Gasteiger partial charge in [-0.25, -0.2) is 0 Å². The van der Waals surface area contributed by atoms with Gasteiger partial charge in [-0.15, -0.1) is 0 Å².